The Morgan fingerprint density at radius 1 is 1.19 bits per heavy atom. The lowest BCUT2D eigenvalue weighted by atomic mass is 9.99. The number of anilines is 1. The van der Waals surface area contributed by atoms with Gasteiger partial charge in [-0.05, 0) is 29.7 Å². The van der Waals surface area contributed by atoms with E-state index in [9.17, 15) is 31.7 Å². The fourth-order valence-electron chi connectivity index (χ4n) is 2.39. The highest BCUT2D eigenvalue weighted by Gasteiger charge is 2.30. The molecule has 0 aliphatic heterocycles. The highest BCUT2D eigenvalue weighted by atomic mass is 32.2. The number of hydrogen-bond donors (Lipinski definition) is 2. The van der Waals surface area contributed by atoms with E-state index in [-0.39, 0.29) is 18.2 Å². The Bertz CT molecular complexity index is 944. The molecule has 0 aromatic heterocycles. The Morgan fingerprint density at radius 2 is 1.78 bits per heavy atom. The van der Waals surface area contributed by atoms with Crippen LogP contribution in [-0.2, 0) is 16.2 Å². The monoisotopic (exact) mass is 403 g/mol. The quantitative estimate of drug-likeness (QED) is 0.566. The number of rotatable bonds is 6. The molecule has 7 nitrogen and oxygen atoms in total. The van der Waals surface area contributed by atoms with Gasteiger partial charge in [0.2, 0.25) is 10.0 Å². The minimum Gasteiger partial charge on any atom is -0.383 e. The normalized spacial score (nSPS) is 13.2. The van der Waals surface area contributed by atoms with Crippen molar-refractivity contribution in [2.75, 3.05) is 11.9 Å². The number of nitrogens with one attached hydrogen (secondary N) is 1. The highest BCUT2D eigenvalue weighted by Crippen LogP contribution is 2.31. The SMILES string of the molecule is CC(CNc1ccc([N+](=O)[O-])cc1S(N)(=O)=O)c1ccc(C(F)(F)F)cc1. The number of halogens is 3. The molecule has 0 spiro atoms. The third kappa shape index (κ3) is 5.17. The minimum absolute atomic E-state index is 0.0712. The van der Waals surface area contributed by atoms with Gasteiger partial charge in [0.25, 0.3) is 5.69 Å². The van der Waals surface area contributed by atoms with Crippen molar-refractivity contribution in [2.45, 2.75) is 23.9 Å². The van der Waals surface area contributed by atoms with E-state index in [2.05, 4.69) is 5.32 Å². The molecule has 0 heterocycles. The van der Waals surface area contributed by atoms with E-state index in [1.54, 1.807) is 6.92 Å². The van der Waals surface area contributed by atoms with Gasteiger partial charge in [-0.1, -0.05) is 19.1 Å². The Morgan fingerprint density at radius 3 is 2.26 bits per heavy atom. The smallest absolute Gasteiger partial charge is 0.383 e. The summed E-state index contributed by atoms with van der Waals surface area (Å²) in [5, 5.41) is 18.7. The standard InChI is InChI=1S/C16H16F3N3O4S/c1-10(11-2-4-12(5-3-11)16(17,18)19)9-21-14-7-6-13(22(23)24)8-15(14)27(20,25)26/h2-8,10,21H,9H2,1H3,(H2,20,25,26). The molecule has 2 aromatic carbocycles. The summed E-state index contributed by atoms with van der Waals surface area (Å²) in [6, 6.07) is 7.80. The van der Waals surface area contributed by atoms with Crippen molar-refractivity contribution < 1.29 is 26.5 Å². The number of sulfonamides is 1. The Balaban J connectivity index is 2.19. The van der Waals surface area contributed by atoms with Crippen LogP contribution in [0.25, 0.3) is 0 Å². The number of alkyl halides is 3. The molecule has 146 valence electrons. The first-order valence-corrected chi connectivity index (χ1v) is 9.16. The summed E-state index contributed by atoms with van der Waals surface area (Å²) in [4.78, 5) is 9.63. The molecule has 0 bridgehead atoms. The average Bonchev–Trinajstić information content (AvgIpc) is 2.58. The molecule has 27 heavy (non-hydrogen) atoms. The maximum Gasteiger partial charge on any atom is 0.416 e. The summed E-state index contributed by atoms with van der Waals surface area (Å²) in [6.45, 7) is 1.91. The van der Waals surface area contributed by atoms with Gasteiger partial charge in [-0.15, -0.1) is 0 Å². The van der Waals surface area contributed by atoms with Crippen molar-refractivity contribution in [1.29, 1.82) is 0 Å². The molecule has 11 heteroatoms. The lowest BCUT2D eigenvalue weighted by Gasteiger charge is -2.16. The predicted molar refractivity (Wildman–Crippen MR) is 92.8 cm³/mol. The van der Waals surface area contributed by atoms with Gasteiger partial charge < -0.3 is 5.32 Å². The van der Waals surface area contributed by atoms with Crippen LogP contribution in [0, 0.1) is 10.1 Å². The molecular weight excluding hydrogens is 387 g/mol. The zero-order chi connectivity index (χ0) is 20.4. The molecule has 0 aliphatic rings. The fraction of sp³-hybridized carbons (Fsp3) is 0.250. The van der Waals surface area contributed by atoms with E-state index in [4.69, 9.17) is 5.14 Å². The number of nitro benzene ring substituents is 1. The average molecular weight is 403 g/mol. The van der Waals surface area contributed by atoms with E-state index in [1.807, 2.05) is 0 Å². The van der Waals surface area contributed by atoms with Crippen LogP contribution in [0.15, 0.2) is 47.4 Å². The molecule has 0 radical (unpaired) electrons. The van der Waals surface area contributed by atoms with E-state index < -0.39 is 37.3 Å². The Kier molecular flexibility index (Phi) is 5.76. The summed E-state index contributed by atoms with van der Waals surface area (Å²) >= 11 is 0. The lowest BCUT2D eigenvalue weighted by Crippen LogP contribution is -2.17. The first-order chi connectivity index (χ1) is 12.4. The van der Waals surface area contributed by atoms with Crippen molar-refractivity contribution in [3.8, 4) is 0 Å². The van der Waals surface area contributed by atoms with Crippen LogP contribution < -0.4 is 10.5 Å². The fourth-order valence-corrected chi connectivity index (χ4v) is 3.12. The van der Waals surface area contributed by atoms with E-state index >= 15 is 0 Å². The van der Waals surface area contributed by atoms with Gasteiger partial charge in [0.05, 0.1) is 16.2 Å². The molecular formula is C16H16F3N3O4S. The van der Waals surface area contributed by atoms with Crippen molar-refractivity contribution in [3.63, 3.8) is 0 Å². The van der Waals surface area contributed by atoms with Crippen molar-refractivity contribution in [3.05, 3.63) is 63.7 Å². The zero-order valence-corrected chi connectivity index (χ0v) is 14.8. The third-order valence-electron chi connectivity index (χ3n) is 3.89. The summed E-state index contributed by atoms with van der Waals surface area (Å²) in [6.07, 6.45) is -4.43. The second-order valence-electron chi connectivity index (χ2n) is 5.88. The van der Waals surface area contributed by atoms with Crippen molar-refractivity contribution >= 4 is 21.4 Å². The Hall–Kier alpha value is -2.66. The van der Waals surface area contributed by atoms with Gasteiger partial charge in [0.15, 0.2) is 0 Å². The van der Waals surface area contributed by atoms with Gasteiger partial charge in [0.1, 0.15) is 4.90 Å². The number of benzene rings is 2. The summed E-state index contributed by atoms with van der Waals surface area (Å²) in [5.74, 6) is -0.268. The van der Waals surface area contributed by atoms with E-state index in [0.717, 1.165) is 24.3 Å². The van der Waals surface area contributed by atoms with Gasteiger partial charge in [-0.25, -0.2) is 13.6 Å². The van der Waals surface area contributed by atoms with Crippen LogP contribution in [0.2, 0.25) is 0 Å². The zero-order valence-electron chi connectivity index (χ0n) is 14.0. The van der Waals surface area contributed by atoms with Crippen LogP contribution in [0.4, 0.5) is 24.5 Å². The van der Waals surface area contributed by atoms with Crippen LogP contribution in [0.3, 0.4) is 0 Å². The van der Waals surface area contributed by atoms with Gasteiger partial charge in [-0.3, -0.25) is 10.1 Å². The third-order valence-corrected chi connectivity index (χ3v) is 4.84. The number of non-ortho nitro benzene ring substituents is 1. The van der Waals surface area contributed by atoms with Crippen LogP contribution in [-0.4, -0.2) is 19.9 Å². The molecule has 0 aliphatic carbocycles. The Labute approximate surface area is 153 Å². The molecule has 0 saturated heterocycles. The molecule has 0 fully saturated rings. The molecule has 2 aromatic rings. The lowest BCUT2D eigenvalue weighted by molar-refractivity contribution is -0.385. The van der Waals surface area contributed by atoms with Gasteiger partial charge in [-0.2, -0.15) is 13.2 Å². The maximum absolute atomic E-state index is 12.6. The van der Waals surface area contributed by atoms with E-state index in [0.29, 0.717) is 5.56 Å². The van der Waals surface area contributed by atoms with E-state index in [1.165, 1.54) is 18.2 Å². The van der Waals surface area contributed by atoms with Crippen LogP contribution in [0.1, 0.15) is 24.0 Å². The number of nitrogens with two attached hydrogens (primary N) is 1. The molecule has 1 unspecified atom stereocenters. The molecule has 0 amide bonds. The second kappa shape index (κ2) is 7.53. The minimum atomic E-state index is -4.43. The van der Waals surface area contributed by atoms with Gasteiger partial charge in [0, 0.05) is 18.7 Å². The summed E-state index contributed by atoms with van der Waals surface area (Å²) in [7, 11) is -4.22. The largest absolute Gasteiger partial charge is 0.416 e. The highest BCUT2D eigenvalue weighted by molar-refractivity contribution is 7.89. The molecule has 3 N–H and O–H groups in total. The molecule has 2 rings (SSSR count). The topological polar surface area (TPSA) is 115 Å². The molecule has 1 atom stereocenters. The second-order valence-corrected chi connectivity index (χ2v) is 7.41. The summed E-state index contributed by atoms with van der Waals surface area (Å²) < 4.78 is 61.2. The van der Waals surface area contributed by atoms with Crippen molar-refractivity contribution in [2.24, 2.45) is 5.14 Å². The number of hydrogen-bond acceptors (Lipinski definition) is 5. The number of nitro groups is 1. The maximum atomic E-state index is 12.6. The van der Waals surface area contributed by atoms with Crippen LogP contribution in [0.5, 0.6) is 0 Å². The first kappa shape index (κ1) is 20.6. The summed E-state index contributed by atoms with van der Waals surface area (Å²) in [5.41, 5.74) is -0.518. The number of nitrogens with zero attached hydrogens (tertiary/aromatic N) is 1. The first-order valence-electron chi connectivity index (χ1n) is 7.62. The van der Waals surface area contributed by atoms with Crippen molar-refractivity contribution in [1.82, 2.24) is 0 Å². The predicted octanol–water partition coefficient (Wildman–Crippen LogP) is 3.48. The van der Waals surface area contributed by atoms with Gasteiger partial charge >= 0.3 is 6.18 Å². The van der Waals surface area contributed by atoms with Crippen LogP contribution >= 0.6 is 0 Å². The number of primary sulfonamides is 1. The molecule has 0 saturated carbocycles.